The zero-order chi connectivity index (χ0) is 13.1. The molecule has 1 unspecified atom stereocenters. The SMILES string of the molecule is CC1CN(C(=O)c2nc(C(C)C)cs2)CCCO1. The van der Waals surface area contributed by atoms with Crippen LogP contribution < -0.4 is 0 Å². The number of thiazole rings is 1. The number of carbonyl (C=O) groups excluding carboxylic acids is 1. The highest BCUT2D eigenvalue weighted by Gasteiger charge is 2.23. The Morgan fingerprint density at radius 1 is 1.61 bits per heavy atom. The molecule has 0 bridgehead atoms. The first-order valence-electron chi connectivity index (χ1n) is 6.44. The summed E-state index contributed by atoms with van der Waals surface area (Å²) in [5.41, 5.74) is 1.00. The molecule has 1 aromatic rings. The minimum atomic E-state index is 0.0456. The topological polar surface area (TPSA) is 42.4 Å². The van der Waals surface area contributed by atoms with E-state index in [1.165, 1.54) is 11.3 Å². The summed E-state index contributed by atoms with van der Waals surface area (Å²) >= 11 is 1.44. The smallest absolute Gasteiger partial charge is 0.282 e. The lowest BCUT2D eigenvalue weighted by Gasteiger charge is -2.20. The Balaban J connectivity index is 2.09. The first kappa shape index (κ1) is 13.5. The lowest BCUT2D eigenvalue weighted by Crippen LogP contribution is -2.35. The number of aromatic nitrogens is 1. The molecule has 5 heteroatoms. The maximum Gasteiger partial charge on any atom is 0.282 e. The second-order valence-electron chi connectivity index (χ2n) is 5.02. The standard InChI is InChI=1S/C13H20N2O2S/c1-9(2)11-8-18-12(14-11)13(16)15-5-4-6-17-10(3)7-15/h8-10H,4-7H2,1-3H3. The largest absolute Gasteiger partial charge is 0.377 e. The molecule has 0 radical (unpaired) electrons. The van der Waals surface area contributed by atoms with Gasteiger partial charge in [-0.1, -0.05) is 13.8 Å². The molecular weight excluding hydrogens is 248 g/mol. The van der Waals surface area contributed by atoms with Gasteiger partial charge in [0.1, 0.15) is 0 Å². The van der Waals surface area contributed by atoms with Gasteiger partial charge in [-0.2, -0.15) is 0 Å². The summed E-state index contributed by atoms with van der Waals surface area (Å²) in [7, 11) is 0. The van der Waals surface area contributed by atoms with E-state index in [2.05, 4.69) is 18.8 Å². The van der Waals surface area contributed by atoms with Gasteiger partial charge in [-0.3, -0.25) is 4.79 Å². The third-order valence-corrected chi connectivity index (χ3v) is 3.88. The van der Waals surface area contributed by atoms with E-state index in [1.54, 1.807) is 0 Å². The number of hydrogen-bond acceptors (Lipinski definition) is 4. The van der Waals surface area contributed by atoms with Crippen molar-refractivity contribution in [2.45, 2.75) is 39.2 Å². The number of nitrogens with zero attached hydrogens (tertiary/aromatic N) is 2. The number of amides is 1. The second-order valence-corrected chi connectivity index (χ2v) is 5.88. The molecule has 0 aliphatic carbocycles. The van der Waals surface area contributed by atoms with Gasteiger partial charge in [0.2, 0.25) is 0 Å². The van der Waals surface area contributed by atoms with Crippen LogP contribution in [0.4, 0.5) is 0 Å². The molecule has 1 atom stereocenters. The van der Waals surface area contributed by atoms with Gasteiger partial charge in [-0.25, -0.2) is 4.98 Å². The molecule has 1 fully saturated rings. The maximum absolute atomic E-state index is 12.4. The normalized spacial score (nSPS) is 21.1. The van der Waals surface area contributed by atoms with E-state index in [-0.39, 0.29) is 12.0 Å². The molecule has 18 heavy (non-hydrogen) atoms. The summed E-state index contributed by atoms with van der Waals surface area (Å²) in [6.07, 6.45) is 1.01. The van der Waals surface area contributed by atoms with E-state index in [1.807, 2.05) is 17.2 Å². The summed E-state index contributed by atoms with van der Waals surface area (Å²) in [4.78, 5) is 18.6. The van der Waals surface area contributed by atoms with Crippen molar-refractivity contribution in [2.24, 2.45) is 0 Å². The molecule has 1 aromatic heterocycles. The van der Waals surface area contributed by atoms with Crippen molar-refractivity contribution in [1.82, 2.24) is 9.88 Å². The highest BCUT2D eigenvalue weighted by Crippen LogP contribution is 2.20. The summed E-state index contributed by atoms with van der Waals surface area (Å²) in [6.45, 7) is 8.35. The van der Waals surface area contributed by atoms with Crippen LogP contribution in [-0.4, -0.2) is 41.6 Å². The number of ether oxygens (including phenoxy) is 1. The minimum Gasteiger partial charge on any atom is -0.377 e. The Morgan fingerprint density at radius 2 is 2.39 bits per heavy atom. The van der Waals surface area contributed by atoms with E-state index < -0.39 is 0 Å². The van der Waals surface area contributed by atoms with Crippen molar-refractivity contribution < 1.29 is 9.53 Å². The van der Waals surface area contributed by atoms with Crippen LogP contribution in [-0.2, 0) is 4.74 Å². The molecule has 0 aromatic carbocycles. The van der Waals surface area contributed by atoms with Crippen molar-refractivity contribution in [1.29, 1.82) is 0 Å². The van der Waals surface area contributed by atoms with Crippen molar-refractivity contribution in [3.8, 4) is 0 Å². The number of hydrogen-bond donors (Lipinski definition) is 0. The molecule has 1 amide bonds. The van der Waals surface area contributed by atoms with Crippen LogP contribution in [0.5, 0.6) is 0 Å². The summed E-state index contributed by atoms with van der Waals surface area (Å²) in [5, 5.41) is 2.59. The molecule has 1 saturated heterocycles. The second kappa shape index (κ2) is 5.80. The fourth-order valence-corrected chi connectivity index (χ4v) is 2.91. The van der Waals surface area contributed by atoms with E-state index >= 15 is 0 Å². The fraction of sp³-hybridized carbons (Fsp3) is 0.692. The third-order valence-electron chi connectivity index (χ3n) is 3.04. The van der Waals surface area contributed by atoms with Gasteiger partial charge in [0, 0.05) is 25.1 Å². The van der Waals surface area contributed by atoms with Crippen molar-refractivity contribution in [2.75, 3.05) is 19.7 Å². The summed E-state index contributed by atoms with van der Waals surface area (Å²) < 4.78 is 5.55. The van der Waals surface area contributed by atoms with Crippen LogP contribution in [0.25, 0.3) is 0 Å². The molecule has 0 spiro atoms. The Hall–Kier alpha value is -0.940. The van der Waals surface area contributed by atoms with E-state index in [0.717, 1.165) is 25.3 Å². The van der Waals surface area contributed by atoms with Crippen molar-refractivity contribution in [3.05, 3.63) is 16.1 Å². The van der Waals surface area contributed by atoms with E-state index in [4.69, 9.17) is 4.74 Å². The zero-order valence-corrected chi connectivity index (χ0v) is 12.0. The molecule has 1 aliphatic rings. The number of carbonyl (C=O) groups is 1. The van der Waals surface area contributed by atoms with Crippen LogP contribution in [0.3, 0.4) is 0 Å². The van der Waals surface area contributed by atoms with Gasteiger partial charge < -0.3 is 9.64 Å². The first-order chi connectivity index (χ1) is 8.58. The quantitative estimate of drug-likeness (QED) is 0.827. The lowest BCUT2D eigenvalue weighted by atomic mass is 10.2. The van der Waals surface area contributed by atoms with Gasteiger partial charge >= 0.3 is 0 Å². The summed E-state index contributed by atoms with van der Waals surface area (Å²) in [5.74, 6) is 0.415. The fourth-order valence-electron chi connectivity index (χ4n) is 1.96. The maximum atomic E-state index is 12.4. The summed E-state index contributed by atoms with van der Waals surface area (Å²) in [6, 6.07) is 0. The molecule has 100 valence electrons. The van der Waals surface area contributed by atoms with Crippen LogP contribution in [0.2, 0.25) is 0 Å². The molecular formula is C13H20N2O2S. The van der Waals surface area contributed by atoms with Gasteiger partial charge in [0.25, 0.3) is 5.91 Å². The molecule has 4 nitrogen and oxygen atoms in total. The van der Waals surface area contributed by atoms with E-state index in [9.17, 15) is 4.79 Å². The molecule has 0 saturated carbocycles. The van der Waals surface area contributed by atoms with Crippen LogP contribution in [0.1, 0.15) is 48.6 Å². The van der Waals surface area contributed by atoms with Crippen LogP contribution in [0, 0.1) is 0 Å². The Labute approximate surface area is 112 Å². The van der Waals surface area contributed by atoms with Gasteiger partial charge in [0.15, 0.2) is 5.01 Å². The van der Waals surface area contributed by atoms with Crippen molar-refractivity contribution >= 4 is 17.2 Å². The average molecular weight is 268 g/mol. The van der Waals surface area contributed by atoms with Gasteiger partial charge in [0.05, 0.1) is 11.8 Å². The zero-order valence-electron chi connectivity index (χ0n) is 11.2. The predicted molar refractivity (Wildman–Crippen MR) is 72.1 cm³/mol. The Morgan fingerprint density at radius 3 is 3.06 bits per heavy atom. The van der Waals surface area contributed by atoms with Gasteiger partial charge in [-0.05, 0) is 19.3 Å². The molecule has 2 heterocycles. The molecule has 2 rings (SSSR count). The lowest BCUT2D eigenvalue weighted by molar-refractivity contribution is 0.0562. The highest BCUT2D eigenvalue weighted by atomic mass is 32.1. The third kappa shape index (κ3) is 3.09. The van der Waals surface area contributed by atoms with Crippen LogP contribution in [0.15, 0.2) is 5.38 Å². The van der Waals surface area contributed by atoms with E-state index in [0.29, 0.717) is 17.5 Å². The predicted octanol–water partition coefficient (Wildman–Crippen LogP) is 2.52. The van der Waals surface area contributed by atoms with Crippen molar-refractivity contribution in [3.63, 3.8) is 0 Å². The average Bonchev–Trinajstić information content (AvgIpc) is 2.72. The highest BCUT2D eigenvalue weighted by molar-refractivity contribution is 7.11. The Bertz CT molecular complexity index is 417. The molecule has 1 aliphatic heterocycles. The van der Waals surface area contributed by atoms with Crippen LogP contribution >= 0.6 is 11.3 Å². The Kier molecular flexibility index (Phi) is 4.35. The number of rotatable bonds is 2. The van der Waals surface area contributed by atoms with Gasteiger partial charge in [-0.15, -0.1) is 11.3 Å². The minimum absolute atomic E-state index is 0.0456. The first-order valence-corrected chi connectivity index (χ1v) is 7.32. The monoisotopic (exact) mass is 268 g/mol. The molecule has 0 N–H and O–H groups in total.